The molecule has 1 atom stereocenters. The third-order valence-electron chi connectivity index (χ3n) is 4.63. The summed E-state index contributed by atoms with van der Waals surface area (Å²) in [5.74, 6) is 0.546. The Morgan fingerprint density at radius 1 is 1.39 bits per heavy atom. The summed E-state index contributed by atoms with van der Waals surface area (Å²) in [4.78, 5) is 22.7. The zero-order valence-corrected chi connectivity index (χ0v) is 18.2. The molecule has 3 rings (SSSR count). The monoisotopic (exact) mass is 441 g/mol. The summed E-state index contributed by atoms with van der Waals surface area (Å²) in [7, 11) is 1.59. The van der Waals surface area contributed by atoms with Crippen molar-refractivity contribution < 1.29 is 14.3 Å². The summed E-state index contributed by atoms with van der Waals surface area (Å²) < 4.78 is 10.8. The number of rotatable bonds is 8. The van der Waals surface area contributed by atoms with Gasteiger partial charge in [0.2, 0.25) is 5.91 Å². The van der Waals surface area contributed by atoms with Gasteiger partial charge in [-0.2, -0.15) is 5.26 Å². The molecule has 1 aliphatic rings. The van der Waals surface area contributed by atoms with Crippen LogP contribution in [-0.4, -0.2) is 53.7 Å². The van der Waals surface area contributed by atoms with E-state index in [0.29, 0.717) is 29.7 Å². The minimum atomic E-state index is -0.229. The van der Waals surface area contributed by atoms with Gasteiger partial charge in [0.1, 0.15) is 22.7 Å². The first kappa shape index (κ1) is 22.5. The van der Waals surface area contributed by atoms with Crippen LogP contribution in [0.15, 0.2) is 36.7 Å². The van der Waals surface area contributed by atoms with Crippen LogP contribution in [0.3, 0.4) is 0 Å². The van der Waals surface area contributed by atoms with E-state index in [1.165, 1.54) is 6.20 Å². The van der Waals surface area contributed by atoms with Gasteiger partial charge in [0.05, 0.1) is 31.5 Å². The largest absolute Gasteiger partial charge is 0.487 e. The zero-order chi connectivity index (χ0) is 22.2. The second-order valence-corrected chi connectivity index (χ2v) is 7.61. The van der Waals surface area contributed by atoms with E-state index >= 15 is 0 Å². The summed E-state index contributed by atoms with van der Waals surface area (Å²) in [5, 5.41) is 12.2. The number of halogens is 1. The topological polar surface area (TPSA) is 100 Å². The number of nitrogens with one attached hydrogen (secondary N) is 1. The second kappa shape index (κ2) is 10.8. The third kappa shape index (κ3) is 6.41. The maximum Gasteiger partial charge on any atom is 0.230 e. The van der Waals surface area contributed by atoms with E-state index in [4.69, 9.17) is 26.3 Å². The number of aromatic nitrogens is 2. The Hall–Kier alpha value is -3.15. The molecule has 0 saturated carbocycles. The van der Waals surface area contributed by atoms with Gasteiger partial charge in [-0.3, -0.25) is 9.78 Å². The molecule has 0 bridgehead atoms. The lowest BCUT2D eigenvalue weighted by molar-refractivity contribution is -0.115. The van der Waals surface area contributed by atoms with E-state index in [9.17, 15) is 4.79 Å². The van der Waals surface area contributed by atoms with Crippen LogP contribution >= 0.6 is 11.6 Å². The van der Waals surface area contributed by atoms with Crippen LogP contribution in [0.1, 0.15) is 24.6 Å². The fourth-order valence-electron chi connectivity index (χ4n) is 3.17. The number of carbonyl (C=O) groups is 1. The molecule has 162 valence electrons. The van der Waals surface area contributed by atoms with E-state index in [-0.39, 0.29) is 18.4 Å². The van der Waals surface area contributed by atoms with Crippen molar-refractivity contribution in [1.82, 2.24) is 14.9 Å². The molecule has 9 heteroatoms. The van der Waals surface area contributed by atoms with Crippen LogP contribution in [0.2, 0.25) is 5.02 Å². The molecule has 8 nitrogen and oxygen atoms in total. The van der Waals surface area contributed by atoms with Crippen molar-refractivity contribution in [3.05, 3.63) is 52.9 Å². The molecule has 31 heavy (non-hydrogen) atoms. The maximum atomic E-state index is 12.4. The zero-order valence-electron chi connectivity index (χ0n) is 17.5. The van der Waals surface area contributed by atoms with Gasteiger partial charge in [0.15, 0.2) is 6.19 Å². The van der Waals surface area contributed by atoms with Gasteiger partial charge in [-0.05, 0) is 30.5 Å². The van der Waals surface area contributed by atoms with Gasteiger partial charge in [-0.25, -0.2) is 4.98 Å². The molecule has 0 spiro atoms. The first-order valence-electron chi connectivity index (χ1n) is 9.88. The Morgan fingerprint density at radius 3 is 2.94 bits per heavy atom. The van der Waals surface area contributed by atoms with Crippen molar-refractivity contribution in [3.63, 3.8) is 0 Å². The lowest BCUT2D eigenvalue weighted by atomic mass is 10.1. The molecule has 1 amide bonds. The van der Waals surface area contributed by atoms with Gasteiger partial charge >= 0.3 is 0 Å². The number of carbonyl (C=O) groups excluding carboxylic acids is 1. The first-order chi connectivity index (χ1) is 15.0. The van der Waals surface area contributed by atoms with Crippen LogP contribution in [-0.2, 0) is 16.0 Å². The van der Waals surface area contributed by atoms with Crippen LogP contribution in [0.5, 0.6) is 5.75 Å². The Labute approximate surface area is 186 Å². The SMILES string of the molecule is COC[C@@H](C)Oc1cc(NC(=O)Cc2ccc(C3=CCCN(C#N)C3)nc2)ncc1Cl. The number of anilines is 1. The van der Waals surface area contributed by atoms with Gasteiger partial charge < -0.3 is 19.7 Å². The summed E-state index contributed by atoms with van der Waals surface area (Å²) in [6, 6.07) is 5.33. The highest BCUT2D eigenvalue weighted by molar-refractivity contribution is 6.32. The molecule has 0 aliphatic carbocycles. The number of nitriles is 1. The molecule has 0 unspecified atom stereocenters. The van der Waals surface area contributed by atoms with Crippen LogP contribution < -0.4 is 10.1 Å². The summed E-state index contributed by atoms with van der Waals surface area (Å²) >= 11 is 6.13. The molecule has 0 fully saturated rings. The predicted molar refractivity (Wildman–Crippen MR) is 118 cm³/mol. The molecular formula is C22H24ClN5O3. The lowest BCUT2D eigenvalue weighted by Gasteiger charge is -2.21. The maximum absolute atomic E-state index is 12.4. The van der Waals surface area contributed by atoms with Crippen molar-refractivity contribution in [2.24, 2.45) is 0 Å². The highest BCUT2D eigenvalue weighted by Crippen LogP contribution is 2.27. The fourth-order valence-corrected chi connectivity index (χ4v) is 3.32. The standard InChI is InChI=1S/C22H24ClN5O3/c1-15(13-30-2)31-20-9-21(26-11-18(20)23)27-22(29)8-16-5-6-19(25-10-16)17-4-3-7-28(12-17)14-24/h4-6,9-11,15H,3,7-8,12-13H2,1-2H3,(H,26,27,29)/t15-/m1/s1. The number of nitrogens with zero attached hydrogens (tertiary/aromatic N) is 4. The second-order valence-electron chi connectivity index (χ2n) is 7.20. The summed E-state index contributed by atoms with van der Waals surface area (Å²) in [5.41, 5.74) is 2.61. The van der Waals surface area contributed by atoms with Gasteiger partial charge in [0.25, 0.3) is 0 Å². The lowest BCUT2D eigenvalue weighted by Crippen LogP contribution is -2.24. The number of hydrogen-bond donors (Lipinski definition) is 1. The van der Waals surface area contributed by atoms with Crippen molar-refractivity contribution >= 4 is 28.9 Å². The van der Waals surface area contributed by atoms with E-state index in [1.54, 1.807) is 24.3 Å². The molecule has 0 saturated heterocycles. The Bertz CT molecular complexity index is 988. The predicted octanol–water partition coefficient (Wildman–Crippen LogP) is 3.30. The molecule has 2 aromatic heterocycles. The molecule has 2 aromatic rings. The third-order valence-corrected chi connectivity index (χ3v) is 4.91. The Kier molecular flexibility index (Phi) is 7.82. The molecule has 3 heterocycles. The average molecular weight is 442 g/mol. The molecular weight excluding hydrogens is 418 g/mol. The first-order valence-corrected chi connectivity index (χ1v) is 10.3. The van der Waals surface area contributed by atoms with Crippen molar-refractivity contribution in [2.75, 3.05) is 32.1 Å². The van der Waals surface area contributed by atoms with Crippen LogP contribution in [0.25, 0.3) is 5.57 Å². The Balaban J connectivity index is 1.60. The van der Waals surface area contributed by atoms with Crippen LogP contribution in [0, 0.1) is 11.5 Å². The van der Waals surface area contributed by atoms with E-state index in [1.807, 2.05) is 19.1 Å². The highest BCUT2D eigenvalue weighted by Gasteiger charge is 2.14. The van der Waals surface area contributed by atoms with Gasteiger partial charge in [-0.15, -0.1) is 0 Å². The van der Waals surface area contributed by atoms with Crippen molar-refractivity contribution in [2.45, 2.75) is 25.9 Å². The van der Waals surface area contributed by atoms with Gasteiger partial charge in [-0.1, -0.05) is 23.7 Å². The minimum absolute atomic E-state index is 0.150. The van der Waals surface area contributed by atoms with E-state index in [0.717, 1.165) is 29.8 Å². The smallest absolute Gasteiger partial charge is 0.230 e. The number of hydrogen-bond acceptors (Lipinski definition) is 7. The number of pyridine rings is 2. The molecule has 0 radical (unpaired) electrons. The summed E-state index contributed by atoms with van der Waals surface area (Å²) in [6.45, 7) is 3.55. The normalized spacial score (nSPS) is 14.4. The molecule has 0 aromatic carbocycles. The molecule has 1 aliphatic heterocycles. The fraction of sp³-hybridized carbons (Fsp3) is 0.364. The van der Waals surface area contributed by atoms with Crippen molar-refractivity contribution in [1.29, 1.82) is 5.26 Å². The van der Waals surface area contributed by atoms with Crippen LogP contribution in [0.4, 0.5) is 5.82 Å². The number of methoxy groups -OCH3 is 1. The highest BCUT2D eigenvalue weighted by atomic mass is 35.5. The molecule has 1 N–H and O–H groups in total. The average Bonchev–Trinajstić information content (AvgIpc) is 2.77. The summed E-state index contributed by atoms with van der Waals surface area (Å²) in [6.07, 6.45) is 8.15. The van der Waals surface area contributed by atoms with Gasteiger partial charge in [0, 0.05) is 25.9 Å². The van der Waals surface area contributed by atoms with E-state index in [2.05, 4.69) is 27.6 Å². The Morgan fingerprint density at radius 2 is 2.23 bits per heavy atom. The number of amides is 1. The van der Waals surface area contributed by atoms with Crippen molar-refractivity contribution in [3.8, 4) is 11.9 Å². The minimum Gasteiger partial charge on any atom is -0.487 e. The quantitative estimate of drug-likeness (QED) is 0.627. The number of ether oxygens (including phenoxy) is 2. The van der Waals surface area contributed by atoms with E-state index < -0.39 is 0 Å².